The second kappa shape index (κ2) is 2.47. The van der Waals surface area contributed by atoms with Crippen LogP contribution in [-0.2, 0) is 13.5 Å². The summed E-state index contributed by atoms with van der Waals surface area (Å²) in [6.45, 7) is 2.02. The van der Waals surface area contributed by atoms with Crippen molar-refractivity contribution in [2.45, 2.75) is 26.2 Å². The molecule has 0 atom stereocenters. The number of Topliss-reactive ketones (excluding diaryl/α,β-unsaturated/α-hetero) is 1. The third kappa shape index (κ3) is 0.909. The lowest BCUT2D eigenvalue weighted by atomic mass is 9.93. The Hall–Kier alpha value is -1.05. The Labute approximate surface area is 72.2 Å². The largest absolute Gasteiger partial charge is 0.354 e. The first-order valence-electron chi connectivity index (χ1n) is 4.38. The number of carbonyl (C=O) groups excluding carboxylic acids is 1. The summed E-state index contributed by atoms with van der Waals surface area (Å²) in [5.41, 5.74) is 3.35. The maximum Gasteiger partial charge on any atom is 0.164 e. The predicted molar refractivity (Wildman–Crippen MR) is 47.4 cm³/mol. The van der Waals surface area contributed by atoms with Crippen LogP contribution >= 0.6 is 0 Å². The molecule has 0 saturated heterocycles. The smallest absolute Gasteiger partial charge is 0.164 e. The topological polar surface area (TPSA) is 22.0 Å². The number of nitrogens with zero attached hydrogens (tertiary/aromatic N) is 1. The zero-order valence-corrected chi connectivity index (χ0v) is 7.55. The minimum atomic E-state index is 0.328. The van der Waals surface area contributed by atoms with Gasteiger partial charge in [-0.3, -0.25) is 4.79 Å². The summed E-state index contributed by atoms with van der Waals surface area (Å²) in [5, 5.41) is 0. The van der Waals surface area contributed by atoms with E-state index in [4.69, 9.17) is 0 Å². The van der Waals surface area contributed by atoms with Gasteiger partial charge in [0.15, 0.2) is 5.78 Å². The molecule has 0 spiro atoms. The van der Waals surface area contributed by atoms with Gasteiger partial charge in [-0.1, -0.05) is 0 Å². The van der Waals surface area contributed by atoms with Crippen molar-refractivity contribution in [2.24, 2.45) is 7.05 Å². The summed E-state index contributed by atoms with van der Waals surface area (Å²) < 4.78 is 2.05. The van der Waals surface area contributed by atoms with Crippen molar-refractivity contribution in [3.05, 3.63) is 23.0 Å². The molecule has 0 fully saturated rings. The van der Waals surface area contributed by atoms with E-state index in [1.54, 1.807) is 0 Å². The Balaban J connectivity index is 2.61. The van der Waals surface area contributed by atoms with Crippen LogP contribution in [0.1, 0.15) is 34.5 Å². The molecule has 64 valence electrons. The average molecular weight is 163 g/mol. The van der Waals surface area contributed by atoms with Crippen LogP contribution in [0.2, 0.25) is 0 Å². The first-order chi connectivity index (χ1) is 5.70. The van der Waals surface area contributed by atoms with Gasteiger partial charge in [0.25, 0.3) is 0 Å². The van der Waals surface area contributed by atoms with Gasteiger partial charge < -0.3 is 4.57 Å². The summed E-state index contributed by atoms with van der Waals surface area (Å²) in [4.78, 5) is 11.5. The Bertz CT molecular complexity index is 336. The predicted octanol–water partition coefficient (Wildman–Crippen LogP) is 1.85. The Kier molecular flexibility index (Phi) is 1.56. The van der Waals surface area contributed by atoms with Gasteiger partial charge in [-0.05, 0) is 25.3 Å². The zero-order chi connectivity index (χ0) is 8.72. The molecule has 0 bridgehead atoms. The Morgan fingerprint density at radius 1 is 1.42 bits per heavy atom. The van der Waals surface area contributed by atoms with Gasteiger partial charge in [0.05, 0.1) is 0 Å². The zero-order valence-electron chi connectivity index (χ0n) is 7.55. The van der Waals surface area contributed by atoms with Crippen LogP contribution < -0.4 is 0 Å². The van der Waals surface area contributed by atoms with E-state index in [2.05, 4.69) is 6.20 Å². The molecule has 2 nitrogen and oxygen atoms in total. The first kappa shape index (κ1) is 7.59. The lowest BCUT2D eigenvalue weighted by Crippen LogP contribution is -2.09. The third-order valence-electron chi connectivity index (χ3n) is 2.69. The summed E-state index contributed by atoms with van der Waals surface area (Å²) >= 11 is 0. The van der Waals surface area contributed by atoms with E-state index in [0.29, 0.717) is 5.78 Å². The van der Waals surface area contributed by atoms with Gasteiger partial charge in [-0.15, -0.1) is 0 Å². The van der Waals surface area contributed by atoms with E-state index in [0.717, 1.165) is 30.5 Å². The normalized spacial score (nSPS) is 16.3. The van der Waals surface area contributed by atoms with Gasteiger partial charge >= 0.3 is 0 Å². The number of aryl methyl sites for hydroxylation is 2. The molecule has 12 heavy (non-hydrogen) atoms. The van der Waals surface area contributed by atoms with Crippen LogP contribution in [0.4, 0.5) is 0 Å². The van der Waals surface area contributed by atoms with E-state index in [9.17, 15) is 4.79 Å². The van der Waals surface area contributed by atoms with E-state index in [1.807, 2.05) is 18.5 Å². The van der Waals surface area contributed by atoms with Crippen molar-refractivity contribution in [3.8, 4) is 0 Å². The molecule has 1 aromatic heterocycles. The molecule has 0 saturated carbocycles. The summed E-state index contributed by atoms with van der Waals surface area (Å²) in [5.74, 6) is 0.328. The van der Waals surface area contributed by atoms with Crippen LogP contribution in [0.3, 0.4) is 0 Å². The van der Waals surface area contributed by atoms with Gasteiger partial charge in [0, 0.05) is 30.9 Å². The molecule has 0 N–H and O–H groups in total. The van der Waals surface area contributed by atoms with Crippen molar-refractivity contribution in [1.29, 1.82) is 0 Å². The monoisotopic (exact) mass is 163 g/mol. The number of carbonyl (C=O) groups is 1. The fourth-order valence-electron chi connectivity index (χ4n) is 1.94. The molecule has 0 amide bonds. The van der Waals surface area contributed by atoms with Crippen LogP contribution in [0.25, 0.3) is 0 Å². The van der Waals surface area contributed by atoms with Crippen LogP contribution in [0, 0.1) is 6.92 Å². The molecule has 1 heterocycles. The standard InChI is InChI=1S/C10H13NO/c1-7-10-8(6-11(7)2)4-3-5-9(10)12/h6H,3-5H2,1-2H3. The van der Waals surface area contributed by atoms with Crippen LogP contribution in [0.5, 0.6) is 0 Å². The molecule has 0 aliphatic heterocycles. The molecule has 2 heteroatoms. The molecule has 1 aliphatic rings. The molecule has 2 rings (SSSR count). The quantitative estimate of drug-likeness (QED) is 0.572. The van der Waals surface area contributed by atoms with Crippen LogP contribution in [0.15, 0.2) is 6.20 Å². The van der Waals surface area contributed by atoms with Crippen molar-refractivity contribution >= 4 is 5.78 Å². The molecular weight excluding hydrogens is 150 g/mol. The SMILES string of the molecule is Cc1c2c(cn1C)CCCC2=O. The second-order valence-corrected chi connectivity index (χ2v) is 3.50. The van der Waals surface area contributed by atoms with E-state index in [-0.39, 0.29) is 0 Å². The number of fused-ring (bicyclic) bond motifs is 1. The summed E-state index contributed by atoms with van der Waals surface area (Å²) in [6, 6.07) is 0. The van der Waals surface area contributed by atoms with E-state index >= 15 is 0 Å². The minimum Gasteiger partial charge on any atom is -0.354 e. The molecule has 1 aromatic rings. The number of aromatic nitrogens is 1. The second-order valence-electron chi connectivity index (χ2n) is 3.50. The molecular formula is C10H13NO. The van der Waals surface area contributed by atoms with Gasteiger partial charge in [-0.2, -0.15) is 0 Å². The van der Waals surface area contributed by atoms with Gasteiger partial charge in [-0.25, -0.2) is 0 Å². The van der Waals surface area contributed by atoms with Crippen molar-refractivity contribution in [2.75, 3.05) is 0 Å². The van der Waals surface area contributed by atoms with Crippen molar-refractivity contribution in [3.63, 3.8) is 0 Å². The molecule has 0 aromatic carbocycles. The fourth-order valence-corrected chi connectivity index (χ4v) is 1.94. The van der Waals surface area contributed by atoms with Crippen molar-refractivity contribution in [1.82, 2.24) is 4.57 Å². The number of rotatable bonds is 0. The highest BCUT2D eigenvalue weighted by atomic mass is 16.1. The Morgan fingerprint density at radius 3 is 2.83 bits per heavy atom. The summed E-state index contributed by atoms with van der Waals surface area (Å²) in [6.07, 6.45) is 4.91. The molecule has 0 radical (unpaired) electrons. The fraction of sp³-hybridized carbons (Fsp3) is 0.500. The lowest BCUT2D eigenvalue weighted by Gasteiger charge is -2.09. The number of ketones is 1. The van der Waals surface area contributed by atoms with Crippen LogP contribution in [-0.4, -0.2) is 10.4 Å². The lowest BCUT2D eigenvalue weighted by molar-refractivity contribution is 0.0972. The first-order valence-corrected chi connectivity index (χ1v) is 4.38. The number of hydrogen-bond acceptors (Lipinski definition) is 1. The third-order valence-corrected chi connectivity index (χ3v) is 2.69. The van der Waals surface area contributed by atoms with Crippen molar-refractivity contribution < 1.29 is 4.79 Å². The van der Waals surface area contributed by atoms with E-state index in [1.165, 1.54) is 5.56 Å². The summed E-state index contributed by atoms with van der Waals surface area (Å²) in [7, 11) is 2.00. The maximum absolute atomic E-state index is 11.5. The minimum absolute atomic E-state index is 0.328. The molecule has 1 aliphatic carbocycles. The highest BCUT2D eigenvalue weighted by Gasteiger charge is 2.21. The average Bonchev–Trinajstić information content (AvgIpc) is 2.29. The number of hydrogen-bond donors (Lipinski definition) is 0. The van der Waals surface area contributed by atoms with E-state index < -0.39 is 0 Å². The Morgan fingerprint density at radius 2 is 2.17 bits per heavy atom. The highest BCUT2D eigenvalue weighted by Crippen LogP contribution is 2.24. The highest BCUT2D eigenvalue weighted by molar-refractivity contribution is 5.99. The van der Waals surface area contributed by atoms with Gasteiger partial charge in [0.2, 0.25) is 0 Å². The van der Waals surface area contributed by atoms with Gasteiger partial charge in [0.1, 0.15) is 0 Å². The maximum atomic E-state index is 11.5. The molecule has 0 unspecified atom stereocenters.